The van der Waals surface area contributed by atoms with Gasteiger partial charge >= 0.3 is 0 Å². The van der Waals surface area contributed by atoms with Crippen molar-refractivity contribution < 1.29 is 10.2 Å². The van der Waals surface area contributed by atoms with Crippen LogP contribution in [0, 0.1) is 0 Å². The van der Waals surface area contributed by atoms with Gasteiger partial charge in [0, 0.05) is 10.6 Å². The predicted octanol–water partition coefficient (Wildman–Crippen LogP) is 3.57. The standard InChI is InChI=1S/C16H18O2S/c1-12(17)13-7-9-15(10-8-13)19-11-16(18)14-5-3-2-4-6-14/h2-10,12,16-18H,11H2,1H3. The summed E-state index contributed by atoms with van der Waals surface area (Å²) in [5.74, 6) is 0.623. The molecular weight excluding hydrogens is 256 g/mol. The Morgan fingerprint density at radius 2 is 1.53 bits per heavy atom. The maximum Gasteiger partial charge on any atom is 0.0883 e. The SMILES string of the molecule is CC(O)c1ccc(SCC(O)c2ccccc2)cc1. The third-order valence-corrected chi connectivity index (χ3v) is 4.04. The first-order valence-corrected chi connectivity index (χ1v) is 7.29. The van der Waals surface area contributed by atoms with E-state index in [0.717, 1.165) is 16.0 Å². The lowest BCUT2D eigenvalue weighted by molar-refractivity contribution is 0.199. The Morgan fingerprint density at radius 3 is 2.11 bits per heavy atom. The number of aliphatic hydroxyl groups is 2. The van der Waals surface area contributed by atoms with Crippen molar-refractivity contribution in [3.8, 4) is 0 Å². The summed E-state index contributed by atoms with van der Waals surface area (Å²) < 4.78 is 0. The minimum Gasteiger partial charge on any atom is -0.389 e. The second-order valence-electron chi connectivity index (χ2n) is 4.48. The Morgan fingerprint density at radius 1 is 0.895 bits per heavy atom. The Balaban J connectivity index is 1.92. The number of aliphatic hydroxyl groups excluding tert-OH is 2. The molecule has 0 heterocycles. The minimum atomic E-state index is -0.456. The number of thioether (sulfide) groups is 1. The Labute approximate surface area is 118 Å². The Bertz CT molecular complexity index is 494. The monoisotopic (exact) mass is 274 g/mol. The molecule has 2 N–H and O–H groups in total. The summed E-state index contributed by atoms with van der Waals surface area (Å²) >= 11 is 1.61. The second-order valence-corrected chi connectivity index (χ2v) is 5.58. The van der Waals surface area contributed by atoms with Crippen molar-refractivity contribution in [2.75, 3.05) is 5.75 Å². The van der Waals surface area contributed by atoms with Crippen molar-refractivity contribution in [1.29, 1.82) is 0 Å². The molecule has 0 bridgehead atoms. The molecule has 3 heteroatoms. The molecule has 2 unspecified atom stereocenters. The first-order valence-electron chi connectivity index (χ1n) is 6.30. The van der Waals surface area contributed by atoms with Crippen LogP contribution in [-0.4, -0.2) is 16.0 Å². The van der Waals surface area contributed by atoms with Crippen molar-refractivity contribution in [2.24, 2.45) is 0 Å². The third-order valence-electron chi connectivity index (χ3n) is 2.95. The molecule has 2 atom stereocenters. The predicted molar refractivity (Wildman–Crippen MR) is 79.2 cm³/mol. The van der Waals surface area contributed by atoms with E-state index < -0.39 is 12.2 Å². The zero-order chi connectivity index (χ0) is 13.7. The summed E-state index contributed by atoms with van der Waals surface area (Å²) in [4.78, 5) is 1.10. The molecule has 0 aliphatic rings. The molecule has 0 saturated heterocycles. The molecule has 0 saturated carbocycles. The van der Waals surface area contributed by atoms with E-state index in [-0.39, 0.29) is 0 Å². The first-order chi connectivity index (χ1) is 9.16. The molecule has 2 nitrogen and oxygen atoms in total. The molecule has 2 rings (SSSR count). The fourth-order valence-corrected chi connectivity index (χ4v) is 2.66. The van der Waals surface area contributed by atoms with E-state index in [1.54, 1.807) is 18.7 Å². The van der Waals surface area contributed by atoms with Crippen LogP contribution in [-0.2, 0) is 0 Å². The molecule has 2 aromatic rings. The fourth-order valence-electron chi connectivity index (χ4n) is 1.79. The maximum absolute atomic E-state index is 10.1. The van der Waals surface area contributed by atoms with Crippen molar-refractivity contribution in [2.45, 2.75) is 24.0 Å². The Kier molecular flexibility index (Phi) is 5.02. The van der Waals surface area contributed by atoms with Crippen molar-refractivity contribution in [1.82, 2.24) is 0 Å². The van der Waals surface area contributed by atoms with Gasteiger partial charge in [-0.25, -0.2) is 0 Å². The van der Waals surface area contributed by atoms with Gasteiger partial charge < -0.3 is 10.2 Å². The summed E-state index contributed by atoms with van der Waals surface area (Å²) in [6.07, 6.45) is -0.892. The van der Waals surface area contributed by atoms with Crippen LogP contribution in [0.25, 0.3) is 0 Å². The molecule has 2 aromatic carbocycles. The summed E-state index contributed by atoms with van der Waals surface area (Å²) in [6, 6.07) is 17.5. The van der Waals surface area contributed by atoms with Crippen LogP contribution in [0.2, 0.25) is 0 Å². The van der Waals surface area contributed by atoms with Crippen LogP contribution in [0.15, 0.2) is 59.5 Å². The molecule has 0 aliphatic heterocycles. The van der Waals surface area contributed by atoms with Crippen molar-refractivity contribution in [3.05, 3.63) is 65.7 Å². The van der Waals surface area contributed by atoms with Gasteiger partial charge in [-0.3, -0.25) is 0 Å². The van der Waals surface area contributed by atoms with Crippen LogP contribution in [0.5, 0.6) is 0 Å². The zero-order valence-corrected chi connectivity index (χ0v) is 11.7. The van der Waals surface area contributed by atoms with Crippen LogP contribution in [0.3, 0.4) is 0 Å². The molecule has 0 aliphatic carbocycles. The number of hydrogen-bond donors (Lipinski definition) is 2. The maximum atomic E-state index is 10.1. The molecule has 0 radical (unpaired) electrons. The lowest BCUT2D eigenvalue weighted by Gasteiger charge is -2.11. The second kappa shape index (κ2) is 6.75. The van der Waals surface area contributed by atoms with Crippen molar-refractivity contribution in [3.63, 3.8) is 0 Å². The number of hydrogen-bond acceptors (Lipinski definition) is 3. The van der Waals surface area contributed by atoms with E-state index >= 15 is 0 Å². The van der Waals surface area contributed by atoms with Crippen LogP contribution >= 0.6 is 11.8 Å². The topological polar surface area (TPSA) is 40.5 Å². The summed E-state index contributed by atoms with van der Waals surface area (Å²) in [5.41, 5.74) is 1.85. The summed E-state index contributed by atoms with van der Waals surface area (Å²) in [6.45, 7) is 1.75. The lowest BCUT2D eigenvalue weighted by atomic mass is 10.1. The third kappa shape index (κ3) is 4.10. The molecule has 0 aromatic heterocycles. The van der Waals surface area contributed by atoms with E-state index in [1.807, 2.05) is 54.6 Å². The van der Waals surface area contributed by atoms with Gasteiger partial charge in [-0.05, 0) is 30.2 Å². The van der Waals surface area contributed by atoms with Gasteiger partial charge in [-0.15, -0.1) is 11.8 Å². The van der Waals surface area contributed by atoms with Gasteiger partial charge in [-0.2, -0.15) is 0 Å². The van der Waals surface area contributed by atoms with Gasteiger partial charge in [-0.1, -0.05) is 42.5 Å². The van der Waals surface area contributed by atoms with E-state index in [9.17, 15) is 10.2 Å². The average molecular weight is 274 g/mol. The number of benzene rings is 2. The van der Waals surface area contributed by atoms with Crippen LogP contribution in [0.1, 0.15) is 30.3 Å². The number of rotatable bonds is 5. The quantitative estimate of drug-likeness (QED) is 0.819. The summed E-state index contributed by atoms with van der Waals surface area (Å²) in [5, 5.41) is 19.5. The summed E-state index contributed by atoms with van der Waals surface area (Å²) in [7, 11) is 0. The zero-order valence-electron chi connectivity index (χ0n) is 10.9. The highest BCUT2D eigenvalue weighted by atomic mass is 32.2. The molecule has 0 spiro atoms. The van der Waals surface area contributed by atoms with E-state index in [4.69, 9.17) is 0 Å². The molecule has 100 valence electrons. The molecular formula is C16H18O2S. The first kappa shape index (κ1) is 14.1. The largest absolute Gasteiger partial charge is 0.389 e. The van der Waals surface area contributed by atoms with Crippen LogP contribution < -0.4 is 0 Å². The molecule has 0 amide bonds. The van der Waals surface area contributed by atoms with E-state index in [0.29, 0.717) is 5.75 Å². The van der Waals surface area contributed by atoms with Gasteiger partial charge in [0.25, 0.3) is 0 Å². The molecule has 0 fully saturated rings. The normalized spacial score (nSPS) is 14.1. The van der Waals surface area contributed by atoms with Gasteiger partial charge in [0.2, 0.25) is 0 Å². The highest BCUT2D eigenvalue weighted by Gasteiger charge is 2.07. The van der Waals surface area contributed by atoms with Gasteiger partial charge in [0.15, 0.2) is 0 Å². The smallest absolute Gasteiger partial charge is 0.0883 e. The van der Waals surface area contributed by atoms with Gasteiger partial charge in [0.1, 0.15) is 0 Å². The fraction of sp³-hybridized carbons (Fsp3) is 0.250. The minimum absolute atomic E-state index is 0.436. The van der Waals surface area contributed by atoms with E-state index in [1.165, 1.54) is 0 Å². The average Bonchev–Trinajstić information content (AvgIpc) is 2.46. The van der Waals surface area contributed by atoms with Crippen LogP contribution in [0.4, 0.5) is 0 Å². The lowest BCUT2D eigenvalue weighted by Crippen LogP contribution is -2.00. The highest BCUT2D eigenvalue weighted by molar-refractivity contribution is 7.99. The highest BCUT2D eigenvalue weighted by Crippen LogP contribution is 2.25. The van der Waals surface area contributed by atoms with E-state index in [2.05, 4.69) is 0 Å². The Hall–Kier alpha value is -1.29. The van der Waals surface area contributed by atoms with Gasteiger partial charge in [0.05, 0.1) is 12.2 Å². The molecule has 19 heavy (non-hydrogen) atoms. The van der Waals surface area contributed by atoms with Crippen molar-refractivity contribution >= 4 is 11.8 Å².